The lowest BCUT2D eigenvalue weighted by Gasteiger charge is -2.32. The number of hydrogen-bond acceptors (Lipinski definition) is 3. The molecule has 1 aromatic heterocycles. The number of carbonyl (C=O) groups excluding carboxylic acids is 1. The van der Waals surface area contributed by atoms with Crippen molar-refractivity contribution in [2.75, 3.05) is 25.0 Å². The van der Waals surface area contributed by atoms with Crippen LogP contribution in [0.2, 0.25) is 5.02 Å². The van der Waals surface area contributed by atoms with Gasteiger partial charge in [-0.3, -0.25) is 4.79 Å². The summed E-state index contributed by atoms with van der Waals surface area (Å²) >= 11 is 5.91. The molecule has 2 aromatic rings. The van der Waals surface area contributed by atoms with Gasteiger partial charge in [0, 0.05) is 31.4 Å². The molecule has 4 nitrogen and oxygen atoms in total. The lowest BCUT2D eigenvalue weighted by Crippen LogP contribution is -2.39. The highest BCUT2D eigenvalue weighted by molar-refractivity contribution is 6.32. The summed E-state index contributed by atoms with van der Waals surface area (Å²) in [5, 5.41) is 2.97. The van der Waals surface area contributed by atoms with Gasteiger partial charge in [0.1, 0.15) is 5.82 Å². The highest BCUT2D eigenvalue weighted by Gasteiger charge is 2.31. The molecule has 0 bridgehead atoms. The fraction of sp³-hybridized carbons (Fsp3) is 0.368. The molecule has 0 radical (unpaired) electrons. The predicted molar refractivity (Wildman–Crippen MR) is 97.8 cm³/mol. The zero-order chi connectivity index (χ0) is 19.4. The Labute approximate surface area is 160 Å². The van der Waals surface area contributed by atoms with E-state index in [-0.39, 0.29) is 16.7 Å². The first-order valence-corrected chi connectivity index (χ1v) is 9.03. The van der Waals surface area contributed by atoms with Crippen molar-refractivity contribution in [1.82, 2.24) is 9.88 Å². The van der Waals surface area contributed by atoms with E-state index in [1.54, 1.807) is 12.1 Å². The van der Waals surface area contributed by atoms with Crippen LogP contribution < -0.4 is 5.32 Å². The summed E-state index contributed by atoms with van der Waals surface area (Å²) in [6.45, 7) is 1.84. The molecule has 27 heavy (non-hydrogen) atoms. The highest BCUT2D eigenvalue weighted by Crippen LogP contribution is 2.32. The second kappa shape index (κ2) is 8.17. The number of alkyl halides is 3. The summed E-state index contributed by atoms with van der Waals surface area (Å²) in [5.41, 5.74) is -0.194. The molecule has 0 atom stereocenters. The van der Waals surface area contributed by atoms with Crippen LogP contribution in [0.4, 0.5) is 19.0 Å². The largest absolute Gasteiger partial charge is 0.417 e. The summed E-state index contributed by atoms with van der Waals surface area (Å²) in [6, 6.07) is 10.0. The minimum atomic E-state index is -4.46. The Balaban J connectivity index is 1.51. The fourth-order valence-corrected chi connectivity index (χ4v) is 3.30. The molecule has 1 fully saturated rings. The number of aromatic nitrogens is 1. The maximum Gasteiger partial charge on any atom is 0.417 e. The molecular formula is C19H19ClF3N3O. The molecule has 1 aliphatic rings. The van der Waals surface area contributed by atoms with Crippen LogP contribution in [-0.2, 0) is 6.18 Å². The van der Waals surface area contributed by atoms with Gasteiger partial charge in [-0.2, -0.15) is 13.2 Å². The summed E-state index contributed by atoms with van der Waals surface area (Å²) in [5.74, 6) is 0.562. The summed E-state index contributed by atoms with van der Waals surface area (Å²) in [6.07, 6.45) is -2.07. The predicted octanol–water partition coefficient (Wildman–Crippen LogP) is 4.72. The molecular weight excluding hydrogens is 379 g/mol. The van der Waals surface area contributed by atoms with Gasteiger partial charge in [0.05, 0.1) is 10.6 Å². The van der Waals surface area contributed by atoms with Crippen LogP contribution in [-0.4, -0.2) is 35.4 Å². The number of carbonyl (C=O) groups is 1. The zero-order valence-corrected chi connectivity index (χ0v) is 15.2. The smallest absolute Gasteiger partial charge is 0.369 e. The van der Waals surface area contributed by atoms with Crippen molar-refractivity contribution in [3.05, 3.63) is 58.7 Å². The number of rotatable bonds is 4. The van der Waals surface area contributed by atoms with Crippen molar-refractivity contribution >= 4 is 23.3 Å². The number of piperidine rings is 1. The van der Waals surface area contributed by atoms with E-state index < -0.39 is 11.7 Å². The molecule has 1 N–H and O–H groups in total. The second-order valence-corrected chi connectivity index (χ2v) is 6.94. The van der Waals surface area contributed by atoms with Crippen LogP contribution in [0.15, 0.2) is 42.6 Å². The molecule has 1 amide bonds. The van der Waals surface area contributed by atoms with E-state index in [2.05, 4.69) is 10.3 Å². The lowest BCUT2D eigenvalue weighted by molar-refractivity contribution is -0.137. The van der Waals surface area contributed by atoms with Gasteiger partial charge in [-0.25, -0.2) is 4.98 Å². The molecule has 0 unspecified atom stereocenters. The molecule has 3 rings (SSSR count). The first-order valence-electron chi connectivity index (χ1n) is 8.65. The number of hydrogen-bond donors (Lipinski definition) is 1. The van der Waals surface area contributed by atoms with E-state index in [4.69, 9.17) is 11.6 Å². The van der Waals surface area contributed by atoms with Gasteiger partial charge in [0.2, 0.25) is 0 Å². The minimum absolute atomic E-state index is 0.0226. The first-order chi connectivity index (χ1) is 12.8. The topological polar surface area (TPSA) is 45.2 Å². The molecule has 144 valence electrons. The van der Waals surface area contributed by atoms with Crippen LogP contribution in [0.1, 0.15) is 28.8 Å². The number of benzene rings is 1. The third kappa shape index (κ3) is 4.91. The van der Waals surface area contributed by atoms with Crippen LogP contribution >= 0.6 is 11.6 Å². The Hall–Kier alpha value is -2.28. The van der Waals surface area contributed by atoms with Crippen molar-refractivity contribution in [1.29, 1.82) is 0 Å². The Morgan fingerprint density at radius 2 is 1.89 bits per heavy atom. The number of anilines is 1. The van der Waals surface area contributed by atoms with Crippen molar-refractivity contribution in [2.24, 2.45) is 5.92 Å². The average Bonchev–Trinajstić information content (AvgIpc) is 2.67. The van der Waals surface area contributed by atoms with Crippen LogP contribution in [0.3, 0.4) is 0 Å². The number of halogens is 4. The molecule has 1 aliphatic heterocycles. The number of pyridine rings is 1. The SMILES string of the molecule is O=C(c1ccccc1)N1CCC(CNc2ncc(C(F)(F)F)cc2Cl)CC1. The Bertz CT molecular complexity index is 791. The normalized spacial score (nSPS) is 15.6. The Kier molecular flexibility index (Phi) is 5.89. The van der Waals surface area contributed by atoms with Crippen LogP contribution in [0.5, 0.6) is 0 Å². The molecule has 1 saturated heterocycles. The van der Waals surface area contributed by atoms with Crippen molar-refractivity contribution < 1.29 is 18.0 Å². The van der Waals surface area contributed by atoms with Crippen molar-refractivity contribution in [2.45, 2.75) is 19.0 Å². The van der Waals surface area contributed by atoms with Crippen LogP contribution in [0, 0.1) is 5.92 Å². The van der Waals surface area contributed by atoms with Gasteiger partial charge in [-0.05, 0) is 37.0 Å². The molecule has 0 saturated carbocycles. The number of likely N-dealkylation sites (tertiary alicyclic amines) is 1. The average molecular weight is 398 g/mol. The third-order valence-corrected chi connectivity index (χ3v) is 4.94. The summed E-state index contributed by atoms with van der Waals surface area (Å²) in [4.78, 5) is 18.0. The van der Waals surface area contributed by atoms with Gasteiger partial charge in [0.25, 0.3) is 5.91 Å². The van der Waals surface area contributed by atoms with Crippen LogP contribution in [0.25, 0.3) is 0 Å². The molecule has 2 heterocycles. The molecule has 0 aliphatic carbocycles. The number of nitrogens with one attached hydrogen (secondary N) is 1. The third-order valence-electron chi connectivity index (χ3n) is 4.65. The first kappa shape index (κ1) is 19.5. The van der Waals surface area contributed by atoms with Gasteiger partial charge in [0.15, 0.2) is 0 Å². The number of amides is 1. The maximum absolute atomic E-state index is 12.6. The van der Waals surface area contributed by atoms with E-state index in [9.17, 15) is 18.0 Å². The fourth-order valence-electron chi connectivity index (χ4n) is 3.07. The monoisotopic (exact) mass is 397 g/mol. The minimum Gasteiger partial charge on any atom is -0.369 e. The summed E-state index contributed by atoms with van der Waals surface area (Å²) < 4.78 is 37.9. The quantitative estimate of drug-likeness (QED) is 0.812. The number of nitrogens with zero attached hydrogens (tertiary/aromatic N) is 2. The second-order valence-electron chi connectivity index (χ2n) is 6.53. The van der Waals surface area contributed by atoms with Crippen molar-refractivity contribution in [3.63, 3.8) is 0 Å². The Morgan fingerprint density at radius 3 is 2.48 bits per heavy atom. The van der Waals surface area contributed by atoms with E-state index in [0.717, 1.165) is 25.1 Å². The van der Waals surface area contributed by atoms with Gasteiger partial charge in [-0.1, -0.05) is 29.8 Å². The standard InChI is InChI=1S/C19H19ClF3N3O/c20-16-10-15(19(21,22)23)12-25-17(16)24-11-13-6-8-26(9-7-13)18(27)14-4-2-1-3-5-14/h1-5,10,12-13H,6-9,11H2,(H,24,25). The molecule has 0 spiro atoms. The van der Waals surface area contributed by atoms with E-state index in [1.165, 1.54) is 0 Å². The Morgan fingerprint density at radius 1 is 1.22 bits per heavy atom. The summed E-state index contributed by atoms with van der Waals surface area (Å²) in [7, 11) is 0. The highest BCUT2D eigenvalue weighted by atomic mass is 35.5. The molecule has 8 heteroatoms. The van der Waals surface area contributed by atoms with Crippen molar-refractivity contribution in [3.8, 4) is 0 Å². The van der Waals surface area contributed by atoms with Gasteiger partial charge >= 0.3 is 6.18 Å². The lowest BCUT2D eigenvalue weighted by atomic mass is 9.96. The van der Waals surface area contributed by atoms with Gasteiger partial charge in [-0.15, -0.1) is 0 Å². The zero-order valence-electron chi connectivity index (χ0n) is 14.5. The molecule has 1 aromatic carbocycles. The van der Waals surface area contributed by atoms with E-state index in [0.29, 0.717) is 31.1 Å². The maximum atomic E-state index is 12.6. The van der Waals surface area contributed by atoms with E-state index >= 15 is 0 Å². The van der Waals surface area contributed by atoms with Gasteiger partial charge < -0.3 is 10.2 Å². The van der Waals surface area contributed by atoms with E-state index in [1.807, 2.05) is 23.1 Å².